The van der Waals surface area contributed by atoms with Gasteiger partial charge in [0, 0.05) is 19.2 Å². The summed E-state index contributed by atoms with van der Waals surface area (Å²) in [7, 11) is 4.01. The Labute approximate surface area is 115 Å². The fourth-order valence-electron chi connectivity index (χ4n) is 2.72. The van der Waals surface area contributed by atoms with Crippen molar-refractivity contribution < 1.29 is 9.84 Å². The maximum atomic E-state index is 9.90. The van der Waals surface area contributed by atoms with Crippen LogP contribution in [0.1, 0.15) is 12.0 Å². The Morgan fingerprint density at radius 1 is 1.42 bits per heavy atom. The van der Waals surface area contributed by atoms with E-state index in [0.717, 1.165) is 31.7 Å². The summed E-state index contributed by atoms with van der Waals surface area (Å²) in [6.07, 6.45) is 1.07. The van der Waals surface area contributed by atoms with Crippen molar-refractivity contribution in [1.29, 1.82) is 0 Å². The first-order valence-corrected chi connectivity index (χ1v) is 6.85. The molecule has 2 unspecified atom stereocenters. The molecule has 0 amide bonds. The van der Waals surface area contributed by atoms with Gasteiger partial charge < -0.3 is 15.2 Å². The van der Waals surface area contributed by atoms with E-state index in [4.69, 9.17) is 4.74 Å². The molecule has 0 aliphatic carbocycles. The molecule has 2 rings (SSSR count). The molecular formula is C15H24N2O2. The van der Waals surface area contributed by atoms with Gasteiger partial charge in [-0.2, -0.15) is 0 Å². The summed E-state index contributed by atoms with van der Waals surface area (Å²) in [6, 6.07) is 10.6. The number of nitrogens with zero attached hydrogens (tertiary/aromatic N) is 1. The van der Waals surface area contributed by atoms with Crippen LogP contribution in [0.5, 0.6) is 0 Å². The second kappa shape index (κ2) is 6.48. The molecule has 1 saturated heterocycles. The number of ether oxygens (including phenoxy) is 1. The Hall–Kier alpha value is -0.940. The lowest BCUT2D eigenvalue weighted by Gasteiger charge is -2.38. The lowest BCUT2D eigenvalue weighted by atomic mass is 9.89. The summed E-state index contributed by atoms with van der Waals surface area (Å²) in [5.74, 6) is 0. The highest BCUT2D eigenvalue weighted by Gasteiger charge is 2.33. The molecule has 1 heterocycles. The summed E-state index contributed by atoms with van der Waals surface area (Å²) < 4.78 is 5.44. The van der Waals surface area contributed by atoms with Gasteiger partial charge in [0.2, 0.25) is 0 Å². The number of hydrogen-bond acceptors (Lipinski definition) is 4. The van der Waals surface area contributed by atoms with E-state index in [2.05, 4.69) is 29.4 Å². The summed E-state index contributed by atoms with van der Waals surface area (Å²) in [5, 5.41) is 13.2. The molecule has 2 atom stereocenters. The molecule has 1 fully saturated rings. The van der Waals surface area contributed by atoms with E-state index in [1.807, 2.05) is 25.2 Å². The van der Waals surface area contributed by atoms with Gasteiger partial charge in [0.05, 0.1) is 18.8 Å². The van der Waals surface area contributed by atoms with Crippen molar-refractivity contribution >= 4 is 0 Å². The van der Waals surface area contributed by atoms with Crippen LogP contribution in [-0.2, 0) is 10.3 Å². The molecule has 1 aromatic rings. The summed E-state index contributed by atoms with van der Waals surface area (Å²) in [6.45, 7) is 2.46. The monoisotopic (exact) mass is 264 g/mol. The maximum absolute atomic E-state index is 9.90. The summed E-state index contributed by atoms with van der Waals surface area (Å²) >= 11 is 0. The number of benzene rings is 1. The SMILES string of the molecule is CNC(CO)(CN(C)C1CCOC1)c1ccccc1. The molecule has 1 aliphatic rings. The fourth-order valence-corrected chi connectivity index (χ4v) is 2.72. The molecule has 1 aromatic carbocycles. The second-order valence-corrected chi connectivity index (χ2v) is 5.29. The molecule has 4 heteroatoms. The van der Waals surface area contributed by atoms with E-state index in [1.165, 1.54) is 0 Å². The van der Waals surface area contributed by atoms with Crippen LogP contribution in [0.15, 0.2) is 30.3 Å². The highest BCUT2D eigenvalue weighted by Crippen LogP contribution is 2.23. The van der Waals surface area contributed by atoms with E-state index < -0.39 is 5.54 Å². The third-order valence-electron chi connectivity index (χ3n) is 4.12. The van der Waals surface area contributed by atoms with Gasteiger partial charge in [0.1, 0.15) is 0 Å². The van der Waals surface area contributed by atoms with Crippen molar-refractivity contribution in [3.8, 4) is 0 Å². The first kappa shape index (κ1) is 14.5. The number of aliphatic hydroxyl groups is 1. The first-order valence-electron chi connectivity index (χ1n) is 6.85. The smallest absolute Gasteiger partial charge is 0.0795 e. The van der Waals surface area contributed by atoms with Crippen LogP contribution >= 0.6 is 0 Å². The van der Waals surface area contributed by atoms with Gasteiger partial charge in [0.15, 0.2) is 0 Å². The van der Waals surface area contributed by atoms with Crippen molar-refractivity contribution in [3.63, 3.8) is 0 Å². The molecule has 0 aromatic heterocycles. The van der Waals surface area contributed by atoms with Crippen LogP contribution in [-0.4, -0.2) is 56.5 Å². The Morgan fingerprint density at radius 3 is 2.68 bits per heavy atom. The van der Waals surface area contributed by atoms with E-state index in [0.29, 0.717) is 6.04 Å². The minimum Gasteiger partial charge on any atom is -0.394 e. The average molecular weight is 264 g/mol. The molecule has 1 aliphatic heterocycles. The molecular weight excluding hydrogens is 240 g/mol. The highest BCUT2D eigenvalue weighted by molar-refractivity contribution is 5.25. The number of nitrogens with one attached hydrogen (secondary N) is 1. The van der Waals surface area contributed by atoms with Crippen LogP contribution in [0.3, 0.4) is 0 Å². The predicted molar refractivity (Wildman–Crippen MR) is 76.1 cm³/mol. The summed E-state index contributed by atoms with van der Waals surface area (Å²) in [4.78, 5) is 2.28. The van der Waals surface area contributed by atoms with Gasteiger partial charge in [-0.3, -0.25) is 4.90 Å². The van der Waals surface area contributed by atoms with Gasteiger partial charge in [0.25, 0.3) is 0 Å². The maximum Gasteiger partial charge on any atom is 0.0795 e. The zero-order valence-electron chi connectivity index (χ0n) is 11.8. The number of hydrogen-bond donors (Lipinski definition) is 2. The molecule has 0 saturated carbocycles. The molecule has 4 nitrogen and oxygen atoms in total. The summed E-state index contributed by atoms with van der Waals surface area (Å²) in [5.41, 5.74) is 0.698. The van der Waals surface area contributed by atoms with E-state index in [1.54, 1.807) is 0 Å². The first-order chi connectivity index (χ1) is 9.22. The molecule has 19 heavy (non-hydrogen) atoms. The van der Waals surface area contributed by atoms with Gasteiger partial charge in [-0.25, -0.2) is 0 Å². The predicted octanol–water partition coefficient (Wildman–Crippen LogP) is 0.814. The highest BCUT2D eigenvalue weighted by atomic mass is 16.5. The molecule has 106 valence electrons. The van der Waals surface area contributed by atoms with Crippen LogP contribution < -0.4 is 5.32 Å². The van der Waals surface area contributed by atoms with Gasteiger partial charge in [-0.1, -0.05) is 30.3 Å². The standard InChI is InChI=1S/C15H24N2O2/c1-16-15(12-18,13-6-4-3-5-7-13)11-17(2)14-8-9-19-10-14/h3-7,14,16,18H,8-12H2,1-2H3. The third kappa shape index (κ3) is 3.15. The quantitative estimate of drug-likeness (QED) is 0.798. The Bertz CT molecular complexity index is 373. The van der Waals surface area contributed by atoms with Crippen LogP contribution in [0.4, 0.5) is 0 Å². The van der Waals surface area contributed by atoms with Crippen molar-refractivity contribution in [1.82, 2.24) is 10.2 Å². The lowest BCUT2D eigenvalue weighted by molar-refractivity contribution is 0.0952. The zero-order chi connectivity index (χ0) is 13.7. The number of likely N-dealkylation sites (N-methyl/N-ethyl adjacent to an activating group) is 2. The number of rotatable bonds is 6. The van der Waals surface area contributed by atoms with Crippen LogP contribution in [0.2, 0.25) is 0 Å². The minimum atomic E-state index is -0.418. The van der Waals surface area contributed by atoms with Crippen molar-refractivity contribution in [3.05, 3.63) is 35.9 Å². The van der Waals surface area contributed by atoms with Crippen molar-refractivity contribution in [2.75, 3.05) is 40.5 Å². The van der Waals surface area contributed by atoms with E-state index in [9.17, 15) is 5.11 Å². The van der Waals surface area contributed by atoms with Crippen LogP contribution in [0.25, 0.3) is 0 Å². The number of aliphatic hydroxyl groups excluding tert-OH is 1. The lowest BCUT2D eigenvalue weighted by Crippen LogP contribution is -2.53. The van der Waals surface area contributed by atoms with Crippen LogP contribution in [0, 0.1) is 0 Å². The largest absolute Gasteiger partial charge is 0.394 e. The van der Waals surface area contributed by atoms with Crippen molar-refractivity contribution in [2.24, 2.45) is 0 Å². The zero-order valence-corrected chi connectivity index (χ0v) is 11.8. The second-order valence-electron chi connectivity index (χ2n) is 5.29. The Balaban J connectivity index is 2.15. The fraction of sp³-hybridized carbons (Fsp3) is 0.600. The Kier molecular flexibility index (Phi) is 4.93. The van der Waals surface area contributed by atoms with Gasteiger partial charge >= 0.3 is 0 Å². The van der Waals surface area contributed by atoms with Crippen molar-refractivity contribution in [2.45, 2.75) is 18.0 Å². The van der Waals surface area contributed by atoms with Gasteiger partial charge in [-0.15, -0.1) is 0 Å². The molecule has 0 radical (unpaired) electrons. The molecule has 0 spiro atoms. The molecule has 2 N–H and O–H groups in total. The topological polar surface area (TPSA) is 44.7 Å². The van der Waals surface area contributed by atoms with Gasteiger partial charge in [-0.05, 0) is 26.1 Å². The average Bonchev–Trinajstić information content (AvgIpc) is 3.00. The minimum absolute atomic E-state index is 0.0748. The molecule has 0 bridgehead atoms. The van der Waals surface area contributed by atoms with E-state index in [-0.39, 0.29) is 6.61 Å². The Morgan fingerprint density at radius 2 is 2.16 bits per heavy atom. The van der Waals surface area contributed by atoms with E-state index >= 15 is 0 Å². The normalized spacial score (nSPS) is 22.6. The third-order valence-corrected chi connectivity index (χ3v) is 4.12.